The minimum Gasteiger partial charge on any atom is -0.316 e. The molecule has 1 heterocycles. The second-order valence-corrected chi connectivity index (χ2v) is 4.40. The van der Waals surface area contributed by atoms with Crippen LogP contribution in [0.15, 0.2) is 48.5 Å². The molecule has 0 fully saturated rings. The van der Waals surface area contributed by atoms with Crippen molar-refractivity contribution in [2.24, 2.45) is 5.73 Å². The number of nitrogens with two attached hydrogens (primary N) is 1. The van der Waals surface area contributed by atoms with Crippen molar-refractivity contribution in [3.05, 3.63) is 54.1 Å². The number of carbonyl (C=O) groups is 1. The van der Waals surface area contributed by atoms with E-state index in [4.69, 9.17) is 10.6 Å². The molecule has 0 radical (unpaired) electrons. The van der Waals surface area contributed by atoms with Gasteiger partial charge in [-0.25, -0.2) is 0 Å². The molecule has 0 saturated heterocycles. The van der Waals surface area contributed by atoms with E-state index in [1.807, 2.05) is 48.5 Å². The van der Waals surface area contributed by atoms with Crippen molar-refractivity contribution in [1.82, 2.24) is 0 Å². The Hall–Kier alpha value is -2.17. The van der Waals surface area contributed by atoms with Crippen LogP contribution in [0, 0.1) is 0 Å². The Labute approximate surface area is 111 Å². The summed E-state index contributed by atoms with van der Waals surface area (Å²) in [5.74, 6) is -0.264. The van der Waals surface area contributed by atoms with Gasteiger partial charge in [0.05, 0.1) is 12.8 Å². The molecule has 1 aliphatic heterocycles. The summed E-state index contributed by atoms with van der Waals surface area (Å²) < 4.78 is 0. The van der Waals surface area contributed by atoms with Crippen LogP contribution in [0.3, 0.4) is 0 Å². The first kappa shape index (κ1) is 11.9. The van der Waals surface area contributed by atoms with Gasteiger partial charge in [-0.2, -0.15) is 5.06 Å². The van der Waals surface area contributed by atoms with E-state index in [-0.39, 0.29) is 5.91 Å². The number of carbonyl (C=O) groups excluding carboxylic acids is 1. The van der Waals surface area contributed by atoms with Crippen LogP contribution in [0.5, 0.6) is 0 Å². The highest BCUT2D eigenvalue weighted by molar-refractivity contribution is 6.03. The van der Waals surface area contributed by atoms with Gasteiger partial charge in [-0.05, 0) is 17.2 Å². The van der Waals surface area contributed by atoms with E-state index in [0.717, 1.165) is 22.4 Å². The molecule has 2 aromatic rings. The second-order valence-electron chi connectivity index (χ2n) is 4.40. The van der Waals surface area contributed by atoms with E-state index in [2.05, 4.69) is 0 Å². The van der Waals surface area contributed by atoms with Gasteiger partial charge < -0.3 is 5.73 Å². The lowest BCUT2D eigenvalue weighted by Crippen LogP contribution is -2.37. The van der Waals surface area contributed by atoms with Crippen molar-refractivity contribution in [2.75, 3.05) is 12.2 Å². The number of hydroxylamine groups is 1. The molecule has 2 aromatic carbocycles. The predicted molar refractivity (Wildman–Crippen MR) is 73.3 cm³/mol. The highest BCUT2D eigenvalue weighted by Gasteiger charge is 2.31. The third-order valence-electron chi connectivity index (χ3n) is 3.36. The SMILES string of the molecule is CON1C(=O)[C@@H](N)c2ccccc2-c2ccccc21. The van der Waals surface area contributed by atoms with E-state index in [0.29, 0.717) is 0 Å². The summed E-state index contributed by atoms with van der Waals surface area (Å²) in [6.07, 6.45) is 0. The standard InChI is InChI=1S/C15H14N2O2/c1-19-17-13-9-5-4-7-11(13)10-6-2-3-8-12(10)14(16)15(17)18/h2-9,14H,16H2,1H3/t14-/m0/s1. The first-order valence-electron chi connectivity index (χ1n) is 6.06. The molecule has 0 spiro atoms. The van der Waals surface area contributed by atoms with Gasteiger partial charge in [-0.15, -0.1) is 0 Å². The van der Waals surface area contributed by atoms with Crippen LogP contribution in [0.2, 0.25) is 0 Å². The van der Waals surface area contributed by atoms with Crippen LogP contribution in [0.4, 0.5) is 5.69 Å². The Bertz CT molecular complexity index is 640. The summed E-state index contributed by atoms with van der Waals surface area (Å²) in [7, 11) is 1.47. The van der Waals surface area contributed by atoms with E-state index < -0.39 is 6.04 Å². The fourth-order valence-electron chi connectivity index (χ4n) is 2.46. The minimum atomic E-state index is -0.719. The van der Waals surface area contributed by atoms with E-state index in [1.54, 1.807) is 0 Å². The maximum absolute atomic E-state index is 12.4. The molecule has 0 aliphatic carbocycles. The number of anilines is 1. The average Bonchev–Trinajstić information content (AvgIpc) is 2.55. The van der Waals surface area contributed by atoms with Gasteiger partial charge in [0.25, 0.3) is 5.91 Å². The number of hydrogen-bond donors (Lipinski definition) is 1. The zero-order valence-corrected chi connectivity index (χ0v) is 10.5. The number of amides is 1. The van der Waals surface area contributed by atoms with Crippen LogP contribution in [-0.4, -0.2) is 13.0 Å². The molecule has 1 amide bonds. The van der Waals surface area contributed by atoms with Crippen LogP contribution >= 0.6 is 0 Å². The monoisotopic (exact) mass is 254 g/mol. The Morgan fingerprint density at radius 3 is 2.42 bits per heavy atom. The third kappa shape index (κ3) is 1.73. The third-order valence-corrected chi connectivity index (χ3v) is 3.36. The summed E-state index contributed by atoms with van der Waals surface area (Å²) in [5.41, 5.74) is 9.52. The van der Waals surface area contributed by atoms with Crippen molar-refractivity contribution < 1.29 is 9.63 Å². The summed E-state index contributed by atoms with van der Waals surface area (Å²) in [6, 6.07) is 14.6. The van der Waals surface area contributed by atoms with E-state index >= 15 is 0 Å². The first-order valence-corrected chi connectivity index (χ1v) is 6.06. The molecule has 3 rings (SSSR count). The summed E-state index contributed by atoms with van der Waals surface area (Å²) in [6.45, 7) is 0. The fourth-order valence-corrected chi connectivity index (χ4v) is 2.46. The van der Waals surface area contributed by atoms with E-state index in [9.17, 15) is 4.79 Å². The van der Waals surface area contributed by atoms with Crippen LogP contribution < -0.4 is 10.8 Å². The Morgan fingerprint density at radius 1 is 1.05 bits per heavy atom. The largest absolute Gasteiger partial charge is 0.316 e. The molecular weight excluding hydrogens is 240 g/mol. The average molecular weight is 254 g/mol. The van der Waals surface area contributed by atoms with Crippen LogP contribution in [0.25, 0.3) is 11.1 Å². The molecule has 4 nitrogen and oxygen atoms in total. The van der Waals surface area contributed by atoms with Gasteiger partial charge in [-0.3, -0.25) is 9.63 Å². The minimum absolute atomic E-state index is 0.264. The molecule has 0 aromatic heterocycles. The lowest BCUT2D eigenvalue weighted by molar-refractivity contribution is -0.126. The normalized spacial score (nSPS) is 17.7. The molecule has 4 heteroatoms. The summed E-state index contributed by atoms with van der Waals surface area (Å²) >= 11 is 0. The lowest BCUT2D eigenvalue weighted by atomic mass is 9.96. The predicted octanol–water partition coefficient (Wildman–Crippen LogP) is 2.26. The molecule has 19 heavy (non-hydrogen) atoms. The topological polar surface area (TPSA) is 55.6 Å². The molecule has 0 saturated carbocycles. The lowest BCUT2D eigenvalue weighted by Gasteiger charge is -2.21. The van der Waals surface area contributed by atoms with Gasteiger partial charge in [0.15, 0.2) is 0 Å². The van der Waals surface area contributed by atoms with Gasteiger partial charge in [0.1, 0.15) is 6.04 Å². The number of rotatable bonds is 1. The summed E-state index contributed by atoms with van der Waals surface area (Å²) in [5, 5.41) is 1.26. The maximum atomic E-state index is 12.4. The molecule has 1 aliphatic rings. The molecule has 2 N–H and O–H groups in total. The Morgan fingerprint density at radius 2 is 1.68 bits per heavy atom. The molecule has 1 atom stereocenters. The first-order chi connectivity index (χ1) is 9.24. The van der Waals surface area contributed by atoms with E-state index in [1.165, 1.54) is 12.2 Å². The van der Waals surface area contributed by atoms with Crippen LogP contribution in [-0.2, 0) is 9.63 Å². The van der Waals surface area contributed by atoms with Gasteiger partial charge in [-0.1, -0.05) is 42.5 Å². The van der Waals surface area contributed by atoms with Gasteiger partial charge in [0, 0.05) is 5.56 Å². The molecule has 0 unspecified atom stereocenters. The van der Waals surface area contributed by atoms with Crippen molar-refractivity contribution in [2.45, 2.75) is 6.04 Å². The Balaban J connectivity index is 2.34. The molecule has 96 valence electrons. The molecule has 0 bridgehead atoms. The Kier molecular flexibility index (Phi) is 2.81. The zero-order valence-electron chi connectivity index (χ0n) is 10.5. The number of para-hydroxylation sites is 1. The van der Waals surface area contributed by atoms with Gasteiger partial charge in [0.2, 0.25) is 0 Å². The van der Waals surface area contributed by atoms with Crippen molar-refractivity contribution >= 4 is 11.6 Å². The van der Waals surface area contributed by atoms with Gasteiger partial charge >= 0.3 is 0 Å². The second kappa shape index (κ2) is 4.50. The number of benzene rings is 2. The fraction of sp³-hybridized carbons (Fsp3) is 0.133. The number of nitrogens with zero attached hydrogens (tertiary/aromatic N) is 1. The van der Waals surface area contributed by atoms with Crippen molar-refractivity contribution in [1.29, 1.82) is 0 Å². The zero-order chi connectivity index (χ0) is 13.4. The highest BCUT2D eigenvalue weighted by atomic mass is 16.7. The molecular formula is C15H14N2O2. The number of fused-ring (bicyclic) bond motifs is 3. The highest BCUT2D eigenvalue weighted by Crippen LogP contribution is 2.39. The van der Waals surface area contributed by atoms with Crippen LogP contribution in [0.1, 0.15) is 11.6 Å². The smallest absolute Gasteiger partial charge is 0.272 e. The maximum Gasteiger partial charge on any atom is 0.272 e. The number of hydrogen-bond acceptors (Lipinski definition) is 3. The van der Waals surface area contributed by atoms with Crippen molar-refractivity contribution in [3.8, 4) is 11.1 Å². The van der Waals surface area contributed by atoms with Crippen molar-refractivity contribution in [3.63, 3.8) is 0 Å². The summed E-state index contributed by atoms with van der Waals surface area (Å²) in [4.78, 5) is 17.6. The quantitative estimate of drug-likeness (QED) is 0.849.